The third-order valence-corrected chi connectivity index (χ3v) is 4.63. The first-order valence-corrected chi connectivity index (χ1v) is 7.17. The van der Waals surface area contributed by atoms with Gasteiger partial charge in [0, 0.05) is 17.0 Å². The number of hydrogen-bond donors (Lipinski definition) is 1. The standard InChI is InChI=1S/C14H15FN2OS/c1-9-12-3-5-19-13(12)2-4-17(9)14-10(8-18)6-11(15)7-16-14/h3,5-7,9,18H,2,4,8H2,1H3. The van der Waals surface area contributed by atoms with Crippen LogP contribution in [0.1, 0.15) is 29.0 Å². The monoisotopic (exact) mass is 278 g/mol. The number of nitrogens with zero attached hydrogens (tertiary/aromatic N) is 2. The molecule has 0 aromatic carbocycles. The van der Waals surface area contributed by atoms with E-state index in [9.17, 15) is 9.50 Å². The second kappa shape index (κ2) is 4.90. The highest BCUT2D eigenvalue weighted by molar-refractivity contribution is 7.10. The van der Waals surface area contributed by atoms with Crippen LogP contribution in [0.25, 0.3) is 0 Å². The molecule has 1 aliphatic rings. The fourth-order valence-electron chi connectivity index (χ4n) is 2.65. The number of pyridine rings is 1. The molecule has 0 spiro atoms. The van der Waals surface area contributed by atoms with E-state index in [0.29, 0.717) is 11.4 Å². The summed E-state index contributed by atoms with van der Waals surface area (Å²) in [6.45, 7) is 2.77. The Labute approximate surface area is 115 Å². The van der Waals surface area contributed by atoms with Gasteiger partial charge in [0.1, 0.15) is 11.6 Å². The lowest BCUT2D eigenvalue weighted by atomic mass is 10.0. The lowest BCUT2D eigenvalue weighted by Crippen LogP contribution is -2.34. The van der Waals surface area contributed by atoms with Crippen molar-refractivity contribution in [2.45, 2.75) is 26.0 Å². The lowest BCUT2D eigenvalue weighted by Gasteiger charge is -2.35. The zero-order valence-electron chi connectivity index (χ0n) is 10.6. The fourth-order valence-corrected chi connectivity index (χ4v) is 3.61. The Hall–Kier alpha value is -1.46. The van der Waals surface area contributed by atoms with Crippen LogP contribution in [0.5, 0.6) is 0 Å². The fraction of sp³-hybridized carbons (Fsp3) is 0.357. The number of hydrogen-bond acceptors (Lipinski definition) is 4. The lowest BCUT2D eigenvalue weighted by molar-refractivity contribution is 0.280. The van der Waals surface area contributed by atoms with Crippen molar-refractivity contribution in [2.24, 2.45) is 0 Å². The first kappa shape index (κ1) is 12.6. The summed E-state index contributed by atoms with van der Waals surface area (Å²) in [6, 6.07) is 3.70. The van der Waals surface area contributed by atoms with E-state index in [4.69, 9.17) is 0 Å². The Morgan fingerprint density at radius 1 is 1.58 bits per heavy atom. The molecule has 0 amide bonds. The Morgan fingerprint density at radius 3 is 3.21 bits per heavy atom. The summed E-state index contributed by atoms with van der Waals surface area (Å²) in [5.41, 5.74) is 1.86. The molecule has 1 unspecified atom stereocenters. The Morgan fingerprint density at radius 2 is 2.42 bits per heavy atom. The maximum atomic E-state index is 13.2. The second-order valence-electron chi connectivity index (χ2n) is 4.71. The normalized spacial score (nSPS) is 18.5. The highest BCUT2D eigenvalue weighted by Gasteiger charge is 2.27. The summed E-state index contributed by atoms with van der Waals surface area (Å²) >= 11 is 1.78. The molecule has 19 heavy (non-hydrogen) atoms. The van der Waals surface area contributed by atoms with Crippen LogP contribution in [-0.4, -0.2) is 16.6 Å². The van der Waals surface area contributed by atoms with E-state index < -0.39 is 5.82 Å². The van der Waals surface area contributed by atoms with Gasteiger partial charge in [-0.25, -0.2) is 9.37 Å². The predicted molar refractivity (Wildman–Crippen MR) is 73.9 cm³/mol. The SMILES string of the molecule is CC1c2ccsc2CCN1c1ncc(F)cc1CO. The third kappa shape index (κ3) is 2.13. The molecular weight excluding hydrogens is 263 g/mol. The molecule has 0 fully saturated rings. The van der Waals surface area contributed by atoms with E-state index in [2.05, 4.69) is 28.3 Å². The van der Waals surface area contributed by atoms with Crippen molar-refractivity contribution in [3.8, 4) is 0 Å². The van der Waals surface area contributed by atoms with Gasteiger partial charge in [-0.3, -0.25) is 0 Å². The topological polar surface area (TPSA) is 36.4 Å². The molecule has 100 valence electrons. The molecule has 2 aromatic rings. The van der Waals surface area contributed by atoms with Crippen LogP contribution in [0.3, 0.4) is 0 Å². The van der Waals surface area contributed by atoms with E-state index >= 15 is 0 Å². The molecule has 2 aromatic heterocycles. The van der Waals surface area contributed by atoms with Crippen molar-refractivity contribution < 1.29 is 9.50 Å². The van der Waals surface area contributed by atoms with E-state index in [1.54, 1.807) is 11.3 Å². The van der Waals surface area contributed by atoms with Crippen LogP contribution < -0.4 is 4.90 Å². The zero-order chi connectivity index (χ0) is 13.4. The molecule has 1 N–H and O–H groups in total. The summed E-state index contributed by atoms with van der Waals surface area (Å²) in [6.07, 6.45) is 2.19. The van der Waals surface area contributed by atoms with Gasteiger partial charge in [-0.15, -0.1) is 11.3 Å². The molecule has 0 bridgehead atoms. The van der Waals surface area contributed by atoms with Gasteiger partial charge in [0.25, 0.3) is 0 Å². The molecule has 3 heterocycles. The minimum atomic E-state index is -0.409. The van der Waals surface area contributed by atoms with Crippen molar-refractivity contribution in [2.75, 3.05) is 11.4 Å². The first-order valence-electron chi connectivity index (χ1n) is 6.29. The number of aliphatic hydroxyl groups excluding tert-OH is 1. The number of aromatic nitrogens is 1. The number of thiophene rings is 1. The first-order chi connectivity index (χ1) is 9.20. The number of anilines is 1. The van der Waals surface area contributed by atoms with Crippen LogP contribution in [0.4, 0.5) is 10.2 Å². The molecule has 0 radical (unpaired) electrons. The number of halogens is 1. The van der Waals surface area contributed by atoms with Gasteiger partial charge >= 0.3 is 0 Å². The molecular formula is C14H15FN2OS. The van der Waals surface area contributed by atoms with Crippen molar-refractivity contribution in [3.05, 3.63) is 45.5 Å². The van der Waals surface area contributed by atoms with Gasteiger partial charge in [-0.1, -0.05) is 0 Å². The van der Waals surface area contributed by atoms with E-state index in [0.717, 1.165) is 13.0 Å². The summed E-state index contributed by atoms with van der Waals surface area (Å²) in [5.74, 6) is 0.280. The zero-order valence-corrected chi connectivity index (χ0v) is 11.5. The average Bonchev–Trinajstić information content (AvgIpc) is 2.89. The van der Waals surface area contributed by atoms with Gasteiger partial charge in [-0.05, 0) is 36.4 Å². The predicted octanol–water partition coefficient (Wildman–Crippen LogP) is 2.90. The van der Waals surface area contributed by atoms with Crippen LogP contribution in [-0.2, 0) is 13.0 Å². The van der Waals surface area contributed by atoms with E-state index in [1.165, 1.54) is 22.7 Å². The summed E-state index contributed by atoms with van der Waals surface area (Å²) in [5, 5.41) is 11.5. The number of aliphatic hydroxyl groups is 1. The maximum Gasteiger partial charge on any atom is 0.142 e. The van der Waals surface area contributed by atoms with Gasteiger partial charge in [0.2, 0.25) is 0 Å². The molecule has 1 aliphatic heterocycles. The molecule has 5 heteroatoms. The Balaban J connectivity index is 2.00. The quantitative estimate of drug-likeness (QED) is 0.917. The van der Waals surface area contributed by atoms with Crippen LogP contribution in [0.15, 0.2) is 23.7 Å². The van der Waals surface area contributed by atoms with Crippen molar-refractivity contribution in [3.63, 3.8) is 0 Å². The van der Waals surface area contributed by atoms with Gasteiger partial charge in [0.05, 0.1) is 18.8 Å². The molecule has 3 rings (SSSR count). The highest BCUT2D eigenvalue weighted by atomic mass is 32.1. The van der Waals surface area contributed by atoms with Gasteiger partial charge in [0.15, 0.2) is 0 Å². The Bertz CT molecular complexity index is 599. The maximum absolute atomic E-state index is 13.2. The Kier molecular flexibility index (Phi) is 3.24. The average molecular weight is 278 g/mol. The van der Waals surface area contributed by atoms with Gasteiger partial charge < -0.3 is 10.0 Å². The minimum absolute atomic E-state index is 0.195. The van der Waals surface area contributed by atoms with Gasteiger partial charge in [-0.2, -0.15) is 0 Å². The third-order valence-electron chi connectivity index (χ3n) is 3.63. The molecule has 0 saturated carbocycles. The molecule has 3 nitrogen and oxygen atoms in total. The highest BCUT2D eigenvalue weighted by Crippen LogP contribution is 2.36. The molecule has 1 atom stereocenters. The summed E-state index contributed by atoms with van der Waals surface area (Å²) in [4.78, 5) is 7.73. The number of rotatable bonds is 2. The smallest absolute Gasteiger partial charge is 0.142 e. The van der Waals surface area contributed by atoms with Crippen molar-refractivity contribution in [1.82, 2.24) is 4.98 Å². The minimum Gasteiger partial charge on any atom is -0.392 e. The van der Waals surface area contributed by atoms with Crippen molar-refractivity contribution in [1.29, 1.82) is 0 Å². The number of fused-ring (bicyclic) bond motifs is 1. The molecule has 0 aliphatic carbocycles. The van der Waals surface area contributed by atoms with Crippen LogP contribution in [0.2, 0.25) is 0 Å². The van der Waals surface area contributed by atoms with Crippen LogP contribution >= 0.6 is 11.3 Å². The summed E-state index contributed by atoms with van der Waals surface area (Å²) < 4.78 is 13.2. The van der Waals surface area contributed by atoms with E-state index in [1.807, 2.05) is 0 Å². The largest absolute Gasteiger partial charge is 0.392 e. The van der Waals surface area contributed by atoms with Crippen LogP contribution in [0, 0.1) is 5.82 Å². The molecule has 0 saturated heterocycles. The van der Waals surface area contributed by atoms with Crippen molar-refractivity contribution >= 4 is 17.2 Å². The second-order valence-corrected chi connectivity index (χ2v) is 5.71. The summed E-state index contributed by atoms with van der Waals surface area (Å²) in [7, 11) is 0. The van der Waals surface area contributed by atoms with E-state index in [-0.39, 0.29) is 12.6 Å².